The molecule has 4 nitrogen and oxygen atoms in total. The number of halogens is 2. The number of aromatic nitrogens is 1. The molecule has 18 heavy (non-hydrogen) atoms. The first-order chi connectivity index (χ1) is 8.50. The fourth-order valence-electron chi connectivity index (χ4n) is 1.79. The fraction of sp³-hybridized carbons (Fsp3) is 0.545. The third kappa shape index (κ3) is 3.35. The maximum atomic E-state index is 11.8. The van der Waals surface area contributed by atoms with E-state index in [4.69, 9.17) is 23.2 Å². The highest BCUT2D eigenvalue weighted by atomic mass is 35.5. The number of aromatic amines is 1. The predicted octanol–water partition coefficient (Wildman–Crippen LogP) is 2.31. The van der Waals surface area contributed by atoms with Gasteiger partial charge in [0.25, 0.3) is 5.91 Å². The van der Waals surface area contributed by atoms with E-state index in [-0.39, 0.29) is 17.6 Å². The molecule has 0 bridgehead atoms. The second-order valence-corrected chi connectivity index (χ2v) is 6.37. The topological polar surface area (TPSA) is 65.1 Å². The number of rotatable bonds is 3. The summed E-state index contributed by atoms with van der Waals surface area (Å²) >= 11 is 13.3. The zero-order valence-corrected chi connectivity index (χ0v) is 12.0. The summed E-state index contributed by atoms with van der Waals surface area (Å²) in [6.07, 6.45) is 1.40. The van der Waals surface area contributed by atoms with E-state index in [1.54, 1.807) is 0 Å². The van der Waals surface area contributed by atoms with Crippen LogP contribution in [0.3, 0.4) is 0 Å². The van der Waals surface area contributed by atoms with Crippen LogP contribution in [0.15, 0.2) is 6.07 Å². The van der Waals surface area contributed by atoms with Gasteiger partial charge >= 0.3 is 0 Å². The second-order valence-electron chi connectivity index (χ2n) is 4.36. The van der Waals surface area contributed by atoms with Gasteiger partial charge in [-0.25, -0.2) is 0 Å². The van der Waals surface area contributed by atoms with Gasteiger partial charge in [-0.15, -0.1) is 0 Å². The van der Waals surface area contributed by atoms with Gasteiger partial charge in [0.15, 0.2) is 0 Å². The minimum absolute atomic E-state index is 0.245. The third-order valence-electron chi connectivity index (χ3n) is 2.97. The minimum atomic E-state index is -0.791. The predicted molar refractivity (Wildman–Crippen MR) is 74.7 cm³/mol. The summed E-state index contributed by atoms with van der Waals surface area (Å²) in [5.41, 5.74) is -0.486. The quantitative estimate of drug-likeness (QED) is 0.803. The number of hydrogen-bond acceptors (Lipinski definition) is 3. The van der Waals surface area contributed by atoms with Crippen molar-refractivity contribution in [2.75, 3.05) is 18.1 Å². The van der Waals surface area contributed by atoms with Crippen LogP contribution < -0.4 is 5.32 Å². The van der Waals surface area contributed by atoms with Gasteiger partial charge in [-0.2, -0.15) is 11.8 Å². The van der Waals surface area contributed by atoms with Crippen molar-refractivity contribution in [2.45, 2.75) is 18.4 Å². The summed E-state index contributed by atoms with van der Waals surface area (Å²) < 4.78 is 0. The fourth-order valence-corrected chi connectivity index (χ4v) is 3.36. The molecule has 1 aromatic rings. The Balaban J connectivity index is 1.91. The highest BCUT2D eigenvalue weighted by Gasteiger charge is 2.30. The van der Waals surface area contributed by atoms with E-state index >= 15 is 0 Å². The SMILES string of the molecule is O=C(NCC1(O)CCSCC1)c1cc(Cl)c(Cl)[nH]1. The van der Waals surface area contributed by atoms with Gasteiger partial charge in [0.2, 0.25) is 0 Å². The molecule has 0 spiro atoms. The third-order valence-corrected chi connectivity index (χ3v) is 4.65. The van der Waals surface area contributed by atoms with E-state index in [0.717, 1.165) is 11.5 Å². The van der Waals surface area contributed by atoms with E-state index in [0.29, 0.717) is 23.6 Å². The number of carbonyl (C=O) groups excluding carboxylic acids is 1. The first kappa shape index (κ1) is 14.1. The minimum Gasteiger partial charge on any atom is -0.388 e. The molecular formula is C11H14Cl2N2O2S. The lowest BCUT2D eigenvalue weighted by atomic mass is 9.97. The summed E-state index contributed by atoms with van der Waals surface area (Å²) in [6.45, 7) is 0.251. The Bertz CT molecular complexity index is 425. The molecule has 1 amide bonds. The highest BCUT2D eigenvalue weighted by molar-refractivity contribution is 7.99. The Hall–Kier alpha value is -0.360. The normalized spacial score (nSPS) is 18.6. The van der Waals surface area contributed by atoms with Crippen LogP contribution in [0.2, 0.25) is 10.2 Å². The maximum Gasteiger partial charge on any atom is 0.267 e. The van der Waals surface area contributed by atoms with E-state index in [9.17, 15) is 9.90 Å². The number of H-pyrrole nitrogens is 1. The Labute approximate surface area is 119 Å². The van der Waals surface area contributed by atoms with Crippen molar-refractivity contribution in [1.29, 1.82) is 0 Å². The molecule has 1 aromatic heterocycles. The van der Waals surface area contributed by atoms with Crippen molar-refractivity contribution in [3.63, 3.8) is 0 Å². The highest BCUT2D eigenvalue weighted by Crippen LogP contribution is 2.26. The lowest BCUT2D eigenvalue weighted by Crippen LogP contribution is -2.45. The van der Waals surface area contributed by atoms with Gasteiger partial charge < -0.3 is 15.4 Å². The average Bonchev–Trinajstić information content (AvgIpc) is 2.68. The average molecular weight is 309 g/mol. The van der Waals surface area contributed by atoms with Crippen molar-refractivity contribution < 1.29 is 9.90 Å². The number of thioether (sulfide) groups is 1. The molecule has 1 aliphatic heterocycles. The molecule has 0 radical (unpaired) electrons. The Morgan fingerprint density at radius 3 is 2.72 bits per heavy atom. The monoisotopic (exact) mass is 308 g/mol. The standard InChI is InChI=1S/C11H14Cl2N2O2S/c12-7-5-8(15-9(7)13)10(16)14-6-11(17)1-3-18-4-2-11/h5,15,17H,1-4,6H2,(H,14,16). The Kier molecular flexibility index (Phi) is 4.48. The molecular weight excluding hydrogens is 295 g/mol. The Morgan fingerprint density at radius 1 is 1.50 bits per heavy atom. The van der Waals surface area contributed by atoms with Crippen LogP contribution in [0.5, 0.6) is 0 Å². The number of carbonyl (C=O) groups is 1. The molecule has 7 heteroatoms. The van der Waals surface area contributed by atoms with Crippen LogP contribution in [0.1, 0.15) is 23.3 Å². The summed E-state index contributed by atoms with van der Waals surface area (Å²) in [6, 6.07) is 1.47. The summed E-state index contributed by atoms with van der Waals surface area (Å²) in [5.74, 6) is 1.54. The molecule has 0 saturated carbocycles. The molecule has 2 rings (SSSR count). The van der Waals surface area contributed by atoms with Crippen LogP contribution >= 0.6 is 35.0 Å². The molecule has 0 unspecified atom stereocenters. The molecule has 3 N–H and O–H groups in total. The van der Waals surface area contributed by atoms with E-state index in [1.165, 1.54) is 6.07 Å². The van der Waals surface area contributed by atoms with Gasteiger partial charge in [0, 0.05) is 6.54 Å². The number of amides is 1. The van der Waals surface area contributed by atoms with Gasteiger partial charge in [0.1, 0.15) is 10.8 Å². The smallest absolute Gasteiger partial charge is 0.267 e. The molecule has 0 aromatic carbocycles. The van der Waals surface area contributed by atoms with Gasteiger partial charge in [-0.05, 0) is 30.4 Å². The van der Waals surface area contributed by atoms with Crippen molar-refractivity contribution in [1.82, 2.24) is 10.3 Å². The summed E-state index contributed by atoms with van der Waals surface area (Å²) in [7, 11) is 0. The molecule has 100 valence electrons. The van der Waals surface area contributed by atoms with Gasteiger partial charge in [0.05, 0.1) is 10.6 Å². The lowest BCUT2D eigenvalue weighted by molar-refractivity contribution is 0.0310. The zero-order chi connectivity index (χ0) is 13.2. The number of hydrogen-bond donors (Lipinski definition) is 3. The second kappa shape index (κ2) is 5.74. The van der Waals surface area contributed by atoms with E-state index < -0.39 is 5.60 Å². The number of nitrogens with one attached hydrogen (secondary N) is 2. The van der Waals surface area contributed by atoms with Crippen molar-refractivity contribution >= 4 is 40.9 Å². The molecule has 0 atom stereocenters. The van der Waals surface area contributed by atoms with Crippen LogP contribution in [-0.2, 0) is 0 Å². The maximum absolute atomic E-state index is 11.8. The van der Waals surface area contributed by atoms with E-state index in [1.807, 2.05) is 11.8 Å². The molecule has 0 aliphatic carbocycles. The van der Waals surface area contributed by atoms with Crippen molar-refractivity contribution in [3.05, 3.63) is 21.9 Å². The van der Waals surface area contributed by atoms with Crippen LogP contribution in [0.4, 0.5) is 0 Å². The van der Waals surface area contributed by atoms with Crippen molar-refractivity contribution in [3.8, 4) is 0 Å². The van der Waals surface area contributed by atoms with Crippen molar-refractivity contribution in [2.24, 2.45) is 0 Å². The Morgan fingerprint density at radius 2 is 2.17 bits per heavy atom. The summed E-state index contributed by atoms with van der Waals surface area (Å²) in [4.78, 5) is 14.5. The van der Waals surface area contributed by atoms with E-state index in [2.05, 4.69) is 10.3 Å². The van der Waals surface area contributed by atoms with Gasteiger partial charge in [-0.3, -0.25) is 4.79 Å². The molecule has 1 saturated heterocycles. The summed E-state index contributed by atoms with van der Waals surface area (Å²) in [5, 5.41) is 13.5. The first-order valence-electron chi connectivity index (χ1n) is 5.62. The van der Waals surface area contributed by atoms with Crippen LogP contribution in [-0.4, -0.2) is 39.6 Å². The lowest BCUT2D eigenvalue weighted by Gasteiger charge is -2.31. The van der Waals surface area contributed by atoms with Crippen LogP contribution in [0.25, 0.3) is 0 Å². The van der Waals surface area contributed by atoms with Crippen LogP contribution in [0, 0.1) is 0 Å². The molecule has 1 fully saturated rings. The molecule has 2 heterocycles. The van der Waals surface area contributed by atoms with Gasteiger partial charge in [-0.1, -0.05) is 23.2 Å². The zero-order valence-electron chi connectivity index (χ0n) is 9.63. The largest absolute Gasteiger partial charge is 0.388 e. The first-order valence-corrected chi connectivity index (χ1v) is 7.54. The number of aliphatic hydroxyl groups is 1. The molecule has 1 aliphatic rings.